The zero-order chi connectivity index (χ0) is 11.5. The first-order valence-corrected chi connectivity index (χ1v) is 6.65. The molecule has 7 heteroatoms. The second kappa shape index (κ2) is 4.97. The van der Waals surface area contributed by atoms with Crippen LogP contribution in [0.1, 0.15) is 6.42 Å². The van der Waals surface area contributed by atoms with E-state index in [0.717, 1.165) is 9.30 Å². The van der Waals surface area contributed by atoms with E-state index in [1.165, 1.54) is 11.3 Å². The van der Waals surface area contributed by atoms with Gasteiger partial charge in [-0.3, -0.25) is 4.79 Å². The molecule has 2 rings (SSSR count). The zero-order valence-corrected chi connectivity index (χ0v) is 11.3. The van der Waals surface area contributed by atoms with Gasteiger partial charge in [0.25, 0.3) is 0 Å². The maximum Gasteiger partial charge on any atom is 0.231 e. The average molecular weight is 348 g/mol. The summed E-state index contributed by atoms with van der Waals surface area (Å²) in [7, 11) is 0. The summed E-state index contributed by atoms with van der Waals surface area (Å²) in [4.78, 5) is 17.5. The minimum Gasteiger partial charge on any atom is -0.310 e. The van der Waals surface area contributed by atoms with Crippen molar-refractivity contribution < 1.29 is 4.79 Å². The van der Waals surface area contributed by atoms with Gasteiger partial charge in [-0.15, -0.1) is 0 Å². The van der Waals surface area contributed by atoms with Gasteiger partial charge in [0.05, 0.1) is 15.0 Å². The van der Waals surface area contributed by atoms with E-state index in [9.17, 15) is 4.79 Å². The van der Waals surface area contributed by atoms with Gasteiger partial charge in [-0.2, -0.15) is 5.26 Å². The van der Waals surface area contributed by atoms with E-state index >= 15 is 0 Å². The van der Waals surface area contributed by atoms with Gasteiger partial charge in [0.1, 0.15) is 0 Å². The molecule has 0 unspecified atom stereocenters. The number of hydrogen-bond donors (Lipinski definition) is 1. The molecule has 1 saturated heterocycles. The van der Waals surface area contributed by atoms with Gasteiger partial charge in [-0.25, -0.2) is 4.98 Å². The molecule has 84 valence electrons. The SMILES string of the molecule is N#CN1CC[C@H](C(=O)Nc2ncc(I)s2)C1. The van der Waals surface area contributed by atoms with E-state index in [0.29, 0.717) is 18.2 Å². The van der Waals surface area contributed by atoms with Crippen LogP contribution in [0, 0.1) is 20.3 Å². The highest BCUT2D eigenvalue weighted by atomic mass is 127. The van der Waals surface area contributed by atoms with Gasteiger partial charge in [0.15, 0.2) is 11.3 Å². The summed E-state index contributed by atoms with van der Waals surface area (Å²) in [6.07, 6.45) is 4.51. The highest BCUT2D eigenvalue weighted by Gasteiger charge is 2.28. The molecular weight excluding hydrogens is 339 g/mol. The van der Waals surface area contributed by atoms with E-state index in [-0.39, 0.29) is 11.8 Å². The number of nitriles is 1. The number of nitrogens with zero attached hydrogens (tertiary/aromatic N) is 3. The largest absolute Gasteiger partial charge is 0.310 e. The van der Waals surface area contributed by atoms with E-state index in [1.54, 1.807) is 11.1 Å². The molecule has 1 fully saturated rings. The summed E-state index contributed by atoms with van der Waals surface area (Å²) < 4.78 is 1.04. The molecule has 1 aliphatic heterocycles. The molecule has 1 N–H and O–H groups in total. The number of anilines is 1. The highest BCUT2D eigenvalue weighted by Crippen LogP contribution is 2.22. The van der Waals surface area contributed by atoms with Crippen LogP contribution in [-0.2, 0) is 4.79 Å². The third kappa shape index (κ3) is 2.62. The summed E-state index contributed by atoms with van der Waals surface area (Å²) in [5, 5.41) is 12.1. The summed E-state index contributed by atoms with van der Waals surface area (Å²) in [6.45, 7) is 1.19. The van der Waals surface area contributed by atoms with Crippen LogP contribution in [0.2, 0.25) is 0 Å². The maximum atomic E-state index is 11.8. The molecule has 0 radical (unpaired) electrons. The van der Waals surface area contributed by atoms with Gasteiger partial charge in [0, 0.05) is 13.1 Å². The van der Waals surface area contributed by atoms with Crippen LogP contribution in [-0.4, -0.2) is 28.9 Å². The molecule has 0 aromatic carbocycles. The van der Waals surface area contributed by atoms with Crippen LogP contribution in [0.3, 0.4) is 0 Å². The number of carbonyl (C=O) groups excluding carboxylic acids is 1. The van der Waals surface area contributed by atoms with Crippen molar-refractivity contribution in [3.63, 3.8) is 0 Å². The van der Waals surface area contributed by atoms with Crippen LogP contribution >= 0.6 is 33.9 Å². The molecule has 16 heavy (non-hydrogen) atoms. The topological polar surface area (TPSA) is 69.0 Å². The summed E-state index contributed by atoms with van der Waals surface area (Å²) in [5.74, 6) is -0.135. The summed E-state index contributed by atoms with van der Waals surface area (Å²) in [6, 6.07) is 0. The van der Waals surface area contributed by atoms with Gasteiger partial charge >= 0.3 is 0 Å². The number of thiazole rings is 1. The Kier molecular flexibility index (Phi) is 3.60. The van der Waals surface area contributed by atoms with Gasteiger partial charge < -0.3 is 10.2 Å². The number of halogens is 1. The van der Waals surface area contributed by atoms with Crippen molar-refractivity contribution in [2.45, 2.75) is 6.42 Å². The molecule has 0 aliphatic carbocycles. The number of amides is 1. The lowest BCUT2D eigenvalue weighted by molar-refractivity contribution is -0.119. The van der Waals surface area contributed by atoms with Crippen LogP contribution in [0.15, 0.2) is 6.20 Å². The van der Waals surface area contributed by atoms with E-state index in [1.807, 2.05) is 0 Å². The smallest absolute Gasteiger partial charge is 0.231 e. The number of likely N-dealkylation sites (tertiary alicyclic amines) is 1. The third-order valence-corrected chi connectivity index (χ3v) is 4.05. The lowest BCUT2D eigenvalue weighted by Gasteiger charge is -2.08. The van der Waals surface area contributed by atoms with E-state index in [4.69, 9.17) is 5.26 Å². The number of rotatable bonds is 2. The standard InChI is InChI=1S/C9H9IN4OS/c10-7-3-12-9(16-7)13-8(15)6-1-2-14(4-6)5-11/h3,6H,1-2,4H2,(H,12,13,15)/t6-/m0/s1. The molecule has 1 atom stereocenters. The van der Waals surface area contributed by atoms with Gasteiger partial charge in [0.2, 0.25) is 5.91 Å². The molecule has 0 bridgehead atoms. The van der Waals surface area contributed by atoms with Gasteiger partial charge in [-0.05, 0) is 29.0 Å². The summed E-state index contributed by atoms with van der Waals surface area (Å²) in [5.41, 5.74) is 0. The molecule has 0 saturated carbocycles. The second-order valence-electron chi connectivity index (χ2n) is 3.49. The van der Waals surface area contributed by atoms with E-state index in [2.05, 4.69) is 39.1 Å². The predicted molar refractivity (Wildman–Crippen MR) is 68.8 cm³/mol. The molecule has 1 aromatic rings. The first kappa shape index (κ1) is 11.6. The summed E-state index contributed by atoms with van der Waals surface area (Å²) >= 11 is 3.60. The van der Waals surface area contributed by atoms with Crippen molar-refractivity contribution in [1.82, 2.24) is 9.88 Å². The maximum absolute atomic E-state index is 11.8. The Hall–Kier alpha value is -0.880. The molecular formula is C9H9IN4OS. The minimum atomic E-state index is -0.0961. The fourth-order valence-electron chi connectivity index (χ4n) is 1.58. The van der Waals surface area contributed by atoms with Crippen LogP contribution in [0.25, 0.3) is 0 Å². The lowest BCUT2D eigenvalue weighted by Crippen LogP contribution is -2.25. The molecule has 1 aromatic heterocycles. The van der Waals surface area contributed by atoms with Crippen molar-refractivity contribution in [3.8, 4) is 6.19 Å². The Labute approximate surface area is 111 Å². The molecule has 1 aliphatic rings. The fourth-order valence-corrected chi connectivity index (χ4v) is 2.90. The van der Waals surface area contributed by atoms with Gasteiger partial charge in [-0.1, -0.05) is 11.3 Å². The Bertz CT molecular complexity index is 441. The number of aromatic nitrogens is 1. The van der Waals surface area contributed by atoms with E-state index < -0.39 is 0 Å². The van der Waals surface area contributed by atoms with Crippen molar-refractivity contribution in [1.29, 1.82) is 5.26 Å². The first-order chi connectivity index (χ1) is 7.69. The molecule has 5 nitrogen and oxygen atoms in total. The Morgan fingerprint density at radius 2 is 2.62 bits per heavy atom. The van der Waals surface area contributed by atoms with Crippen LogP contribution in [0.4, 0.5) is 5.13 Å². The second-order valence-corrected chi connectivity index (χ2v) is 6.42. The lowest BCUT2D eigenvalue weighted by atomic mass is 10.1. The molecule has 1 amide bonds. The van der Waals surface area contributed by atoms with Crippen LogP contribution in [0.5, 0.6) is 0 Å². The van der Waals surface area contributed by atoms with Crippen molar-refractivity contribution >= 4 is 45.0 Å². The fraction of sp³-hybridized carbons (Fsp3) is 0.444. The molecule has 0 spiro atoms. The quantitative estimate of drug-likeness (QED) is 0.650. The zero-order valence-electron chi connectivity index (χ0n) is 8.31. The Balaban J connectivity index is 1.92. The number of carbonyl (C=O) groups is 1. The first-order valence-electron chi connectivity index (χ1n) is 4.76. The number of hydrogen-bond acceptors (Lipinski definition) is 5. The Morgan fingerprint density at radius 3 is 3.19 bits per heavy atom. The minimum absolute atomic E-state index is 0.0384. The third-order valence-electron chi connectivity index (χ3n) is 2.41. The molecule has 2 heterocycles. The number of nitrogens with one attached hydrogen (secondary N) is 1. The van der Waals surface area contributed by atoms with Crippen molar-refractivity contribution in [3.05, 3.63) is 9.08 Å². The monoisotopic (exact) mass is 348 g/mol. The van der Waals surface area contributed by atoms with Crippen molar-refractivity contribution in [2.24, 2.45) is 5.92 Å². The highest BCUT2D eigenvalue weighted by molar-refractivity contribution is 14.1. The average Bonchev–Trinajstić information content (AvgIpc) is 2.87. The van der Waals surface area contributed by atoms with Crippen molar-refractivity contribution in [2.75, 3.05) is 18.4 Å². The normalized spacial score (nSPS) is 19.5. The Morgan fingerprint density at radius 1 is 1.81 bits per heavy atom. The predicted octanol–water partition coefficient (Wildman–Crippen LogP) is 1.49. The van der Waals surface area contributed by atoms with Crippen LogP contribution < -0.4 is 5.32 Å².